The molecule has 0 aromatic heterocycles. The molecule has 0 bridgehead atoms. The highest BCUT2D eigenvalue weighted by molar-refractivity contribution is 6.03. The average molecular weight is 396 g/mol. The van der Waals surface area contributed by atoms with Crippen LogP contribution in [0.2, 0.25) is 0 Å². The first-order chi connectivity index (χ1) is 13.7. The van der Waals surface area contributed by atoms with E-state index in [1.54, 1.807) is 6.92 Å². The predicted molar refractivity (Wildman–Crippen MR) is 110 cm³/mol. The van der Waals surface area contributed by atoms with Crippen molar-refractivity contribution in [1.82, 2.24) is 5.32 Å². The van der Waals surface area contributed by atoms with Crippen LogP contribution in [-0.2, 0) is 9.53 Å². The number of benzene rings is 2. The maximum Gasteiger partial charge on any atom is 0.412 e. The highest BCUT2D eigenvalue weighted by Gasteiger charge is 2.18. The van der Waals surface area contributed by atoms with Gasteiger partial charge < -0.3 is 20.0 Å². The Bertz CT molecular complexity index is 948. The van der Waals surface area contributed by atoms with Gasteiger partial charge in [0.05, 0.1) is 5.71 Å². The first-order valence-electron chi connectivity index (χ1n) is 8.99. The van der Waals surface area contributed by atoms with Gasteiger partial charge in [0.25, 0.3) is 0 Å². The van der Waals surface area contributed by atoms with Crippen molar-refractivity contribution < 1.29 is 24.2 Å². The number of allylic oxidation sites excluding steroid dienone is 1. The standard InChI is InChI=1S/C22H24N2O5/c1-13-7-5-6-8-19(13)15(3)28-22(27)24-20(14(2)23)21(26)17-9-11-18(12-10-17)29-16(4)25/h5-12,15,23,26H,1-4H3,(H,24,27)/b21-20+,23-14?. The number of aliphatic hydroxyl groups excluding tert-OH is 1. The summed E-state index contributed by atoms with van der Waals surface area (Å²) in [6.45, 7) is 6.39. The van der Waals surface area contributed by atoms with Gasteiger partial charge in [-0.25, -0.2) is 4.79 Å². The van der Waals surface area contributed by atoms with E-state index in [-0.39, 0.29) is 17.2 Å². The van der Waals surface area contributed by atoms with E-state index in [1.807, 2.05) is 31.2 Å². The van der Waals surface area contributed by atoms with Gasteiger partial charge >= 0.3 is 12.1 Å². The van der Waals surface area contributed by atoms with Crippen LogP contribution in [0.15, 0.2) is 54.2 Å². The lowest BCUT2D eigenvalue weighted by Gasteiger charge is -2.17. The third kappa shape index (κ3) is 5.93. The van der Waals surface area contributed by atoms with Crippen molar-refractivity contribution in [3.8, 4) is 5.75 Å². The quantitative estimate of drug-likeness (QED) is 0.284. The van der Waals surface area contributed by atoms with Crippen LogP contribution in [0.5, 0.6) is 5.75 Å². The van der Waals surface area contributed by atoms with Crippen LogP contribution in [0, 0.1) is 12.3 Å². The molecule has 0 saturated heterocycles. The Morgan fingerprint density at radius 2 is 1.69 bits per heavy atom. The van der Waals surface area contributed by atoms with Gasteiger partial charge in [-0.1, -0.05) is 24.3 Å². The summed E-state index contributed by atoms with van der Waals surface area (Å²) in [7, 11) is 0. The van der Waals surface area contributed by atoms with Crippen LogP contribution in [0.1, 0.15) is 43.6 Å². The molecular formula is C22H24N2O5. The summed E-state index contributed by atoms with van der Waals surface area (Å²) in [4.78, 5) is 23.3. The SMILES string of the molecule is CC(=N)/C(NC(=O)OC(C)c1ccccc1C)=C(\O)c1ccc(OC(C)=O)cc1. The van der Waals surface area contributed by atoms with E-state index in [0.29, 0.717) is 11.3 Å². The number of alkyl carbamates (subject to hydrolysis) is 1. The summed E-state index contributed by atoms with van der Waals surface area (Å²) < 4.78 is 10.3. The molecule has 1 unspecified atom stereocenters. The molecule has 1 amide bonds. The maximum absolute atomic E-state index is 12.3. The van der Waals surface area contributed by atoms with E-state index >= 15 is 0 Å². The van der Waals surface area contributed by atoms with Gasteiger partial charge in [0, 0.05) is 12.5 Å². The lowest BCUT2D eigenvalue weighted by Crippen LogP contribution is -2.29. The Labute approximate surface area is 169 Å². The Morgan fingerprint density at radius 3 is 2.24 bits per heavy atom. The van der Waals surface area contributed by atoms with Gasteiger partial charge in [-0.3, -0.25) is 10.1 Å². The smallest absolute Gasteiger partial charge is 0.412 e. The molecule has 0 spiro atoms. The van der Waals surface area contributed by atoms with Crippen molar-refractivity contribution in [2.45, 2.75) is 33.8 Å². The first-order valence-corrected chi connectivity index (χ1v) is 8.99. The van der Waals surface area contributed by atoms with Gasteiger partial charge in [0.1, 0.15) is 23.3 Å². The molecular weight excluding hydrogens is 372 g/mol. The summed E-state index contributed by atoms with van der Waals surface area (Å²) >= 11 is 0. The Hall–Kier alpha value is -3.61. The lowest BCUT2D eigenvalue weighted by molar-refractivity contribution is -0.131. The fourth-order valence-corrected chi connectivity index (χ4v) is 2.72. The molecule has 7 nitrogen and oxygen atoms in total. The van der Waals surface area contributed by atoms with Crippen LogP contribution >= 0.6 is 0 Å². The second kappa shape index (κ2) is 9.54. The van der Waals surface area contributed by atoms with E-state index < -0.39 is 18.2 Å². The van der Waals surface area contributed by atoms with Crippen molar-refractivity contribution in [3.63, 3.8) is 0 Å². The highest BCUT2D eigenvalue weighted by atomic mass is 16.6. The van der Waals surface area contributed by atoms with Crippen molar-refractivity contribution >= 4 is 23.5 Å². The van der Waals surface area contributed by atoms with Crippen LogP contribution in [0.25, 0.3) is 5.76 Å². The number of aryl methyl sites for hydroxylation is 1. The van der Waals surface area contributed by atoms with Gasteiger partial charge in [-0.15, -0.1) is 0 Å². The number of hydrogen-bond acceptors (Lipinski definition) is 6. The van der Waals surface area contributed by atoms with Crippen LogP contribution in [-0.4, -0.2) is 22.9 Å². The molecule has 1 atom stereocenters. The van der Waals surface area contributed by atoms with Crippen LogP contribution in [0.4, 0.5) is 4.79 Å². The van der Waals surface area contributed by atoms with Crippen molar-refractivity contribution in [1.29, 1.82) is 5.41 Å². The van der Waals surface area contributed by atoms with Crippen molar-refractivity contribution in [2.75, 3.05) is 0 Å². The number of carbonyl (C=O) groups is 2. The van der Waals surface area contributed by atoms with Crippen molar-refractivity contribution in [3.05, 3.63) is 70.9 Å². The normalized spacial score (nSPS) is 12.4. The van der Waals surface area contributed by atoms with Crippen molar-refractivity contribution in [2.24, 2.45) is 0 Å². The minimum absolute atomic E-state index is 0.0490. The summed E-state index contributed by atoms with van der Waals surface area (Å²) in [5.41, 5.74) is 2.07. The largest absolute Gasteiger partial charge is 0.505 e. The molecule has 0 fully saturated rings. The van der Waals surface area contributed by atoms with E-state index in [1.165, 1.54) is 38.1 Å². The minimum Gasteiger partial charge on any atom is -0.505 e. The number of nitrogens with one attached hydrogen (secondary N) is 2. The topological polar surface area (TPSA) is 109 Å². The molecule has 7 heteroatoms. The average Bonchev–Trinajstić information content (AvgIpc) is 2.65. The molecule has 2 aromatic rings. The van der Waals surface area contributed by atoms with Gasteiger partial charge in [0.15, 0.2) is 0 Å². The number of aliphatic hydroxyl groups is 1. The third-order valence-electron chi connectivity index (χ3n) is 4.14. The molecule has 3 N–H and O–H groups in total. The zero-order valence-electron chi connectivity index (χ0n) is 16.8. The lowest BCUT2D eigenvalue weighted by atomic mass is 10.1. The number of esters is 1. The maximum atomic E-state index is 12.3. The molecule has 2 rings (SSSR count). The molecule has 0 aliphatic carbocycles. The number of rotatable bonds is 6. The molecule has 0 aliphatic rings. The zero-order chi connectivity index (χ0) is 21.6. The van der Waals surface area contributed by atoms with Crippen LogP contribution < -0.4 is 10.1 Å². The molecule has 2 aromatic carbocycles. The Morgan fingerprint density at radius 1 is 1.07 bits per heavy atom. The summed E-state index contributed by atoms with van der Waals surface area (Å²) in [6, 6.07) is 13.6. The third-order valence-corrected chi connectivity index (χ3v) is 4.14. The number of hydrogen-bond donors (Lipinski definition) is 3. The molecule has 152 valence electrons. The zero-order valence-corrected chi connectivity index (χ0v) is 16.8. The molecule has 0 aliphatic heterocycles. The van der Waals surface area contributed by atoms with Gasteiger partial charge in [-0.05, 0) is 56.2 Å². The van der Waals surface area contributed by atoms with Gasteiger partial charge in [0.2, 0.25) is 0 Å². The Balaban J connectivity index is 2.17. The van der Waals surface area contributed by atoms with Gasteiger partial charge in [-0.2, -0.15) is 0 Å². The Kier molecular flexibility index (Phi) is 7.14. The second-order valence-electron chi connectivity index (χ2n) is 6.50. The van der Waals surface area contributed by atoms with Crippen LogP contribution in [0.3, 0.4) is 0 Å². The van der Waals surface area contributed by atoms with E-state index in [9.17, 15) is 14.7 Å². The molecule has 0 saturated carbocycles. The van der Waals surface area contributed by atoms with E-state index in [4.69, 9.17) is 14.9 Å². The summed E-state index contributed by atoms with van der Waals surface area (Å²) in [5, 5.41) is 20.9. The highest BCUT2D eigenvalue weighted by Crippen LogP contribution is 2.22. The first kappa shape index (κ1) is 21.7. The fraction of sp³-hybridized carbons (Fsp3) is 0.227. The number of ether oxygens (including phenoxy) is 2. The summed E-state index contributed by atoms with van der Waals surface area (Å²) in [6.07, 6.45) is -1.29. The second-order valence-corrected chi connectivity index (χ2v) is 6.50. The number of amides is 1. The minimum atomic E-state index is -0.787. The predicted octanol–water partition coefficient (Wildman–Crippen LogP) is 4.67. The monoisotopic (exact) mass is 396 g/mol. The van der Waals surface area contributed by atoms with E-state index in [0.717, 1.165) is 11.1 Å². The molecule has 0 radical (unpaired) electrons. The molecule has 29 heavy (non-hydrogen) atoms. The molecule has 0 heterocycles. The summed E-state index contributed by atoms with van der Waals surface area (Å²) in [5.74, 6) is -0.435. The van der Waals surface area contributed by atoms with E-state index in [2.05, 4.69) is 5.32 Å². The number of carbonyl (C=O) groups excluding carboxylic acids is 2. The fourth-order valence-electron chi connectivity index (χ4n) is 2.72.